The normalized spacial score (nSPS) is 13.6. The van der Waals surface area contributed by atoms with Gasteiger partial charge in [0.1, 0.15) is 6.61 Å². The Bertz CT molecular complexity index is 973. The lowest BCUT2D eigenvalue weighted by Gasteiger charge is -2.20. The van der Waals surface area contributed by atoms with Crippen molar-refractivity contribution in [2.24, 2.45) is 0 Å². The van der Waals surface area contributed by atoms with E-state index in [2.05, 4.69) is 38.2 Å². The number of esters is 2. The number of hydrogen-bond acceptors (Lipinski definition) is 8. The summed E-state index contributed by atoms with van der Waals surface area (Å²) in [5, 5.41) is 0. The Labute approximate surface area is 338 Å². The van der Waals surface area contributed by atoms with Gasteiger partial charge in [0.25, 0.3) is 0 Å². The number of phosphoric ester groups is 1. The van der Waals surface area contributed by atoms with Crippen LogP contribution >= 0.6 is 7.82 Å². The highest BCUT2D eigenvalue weighted by molar-refractivity contribution is 7.47. The van der Waals surface area contributed by atoms with E-state index in [1.165, 1.54) is 122 Å². The monoisotopic (exact) mass is 800 g/mol. The van der Waals surface area contributed by atoms with Gasteiger partial charge in [0.2, 0.25) is 0 Å². The number of likely N-dealkylation sites (N-methyl/N-ethyl adjacent to an activating group) is 1. The van der Waals surface area contributed by atoms with Crippen LogP contribution in [0.4, 0.5) is 0 Å². The van der Waals surface area contributed by atoms with Crippen molar-refractivity contribution < 1.29 is 37.6 Å². The van der Waals surface area contributed by atoms with Crippen LogP contribution in [-0.4, -0.2) is 68.3 Å². The molecule has 0 saturated heterocycles. The summed E-state index contributed by atoms with van der Waals surface area (Å²) in [4.78, 5) is 37.0. The average Bonchev–Trinajstić information content (AvgIpc) is 3.15. The first-order valence-electron chi connectivity index (χ1n) is 22.6. The predicted molar refractivity (Wildman–Crippen MR) is 229 cm³/mol. The fourth-order valence-electron chi connectivity index (χ4n) is 6.21. The first-order chi connectivity index (χ1) is 26.7. The number of nitrogens with zero attached hydrogens (tertiary/aromatic N) is 1. The number of allylic oxidation sites excluding steroid dienone is 4. The SMILES string of the molecule is CCCCCC/C=C\CCCCCCCC(=O)OC(COC(=O)CCCCCCCCCCC/C=C\CCCCCCCC)COP(=O)(O)OCCN(C)C. The highest BCUT2D eigenvalue weighted by atomic mass is 31.2. The molecule has 55 heavy (non-hydrogen) atoms. The van der Waals surface area contributed by atoms with E-state index in [9.17, 15) is 19.0 Å². The van der Waals surface area contributed by atoms with Crippen molar-refractivity contribution in [3.05, 3.63) is 24.3 Å². The van der Waals surface area contributed by atoms with Gasteiger partial charge in [0.15, 0.2) is 6.10 Å². The zero-order chi connectivity index (χ0) is 40.5. The van der Waals surface area contributed by atoms with E-state index in [-0.39, 0.29) is 32.0 Å². The molecule has 0 bridgehead atoms. The first-order valence-corrected chi connectivity index (χ1v) is 24.1. The summed E-state index contributed by atoms with van der Waals surface area (Å²) in [6, 6.07) is 0. The van der Waals surface area contributed by atoms with Gasteiger partial charge in [0, 0.05) is 19.4 Å². The first kappa shape index (κ1) is 53.5. The van der Waals surface area contributed by atoms with Crippen molar-refractivity contribution in [1.29, 1.82) is 0 Å². The lowest BCUT2D eigenvalue weighted by molar-refractivity contribution is -0.161. The minimum atomic E-state index is -4.36. The Morgan fingerprint density at radius 1 is 0.545 bits per heavy atom. The molecule has 0 aromatic carbocycles. The highest BCUT2D eigenvalue weighted by Crippen LogP contribution is 2.43. The molecule has 0 heterocycles. The summed E-state index contributed by atoms with van der Waals surface area (Å²) in [5.74, 6) is -0.810. The quantitative estimate of drug-likeness (QED) is 0.0279. The number of carbonyl (C=O) groups excluding carboxylic acids is 2. The van der Waals surface area contributed by atoms with Gasteiger partial charge < -0.3 is 19.3 Å². The van der Waals surface area contributed by atoms with Crippen LogP contribution in [0.15, 0.2) is 24.3 Å². The van der Waals surface area contributed by atoms with Crippen molar-refractivity contribution in [1.82, 2.24) is 4.90 Å². The van der Waals surface area contributed by atoms with Crippen LogP contribution in [0.3, 0.4) is 0 Å². The van der Waals surface area contributed by atoms with Crippen LogP contribution in [0.25, 0.3) is 0 Å². The van der Waals surface area contributed by atoms with Crippen molar-refractivity contribution >= 4 is 19.8 Å². The van der Waals surface area contributed by atoms with Crippen LogP contribution < -0.4 is 0 Å². The molecule has 0 rings (SSSR count). The van der Waals surface area contributed by atoms with Gasteiger partial charge in [-0.25, -0.2) is 4.57 Å². The Morgan fingerprint density at radius 3 is 1.36 bits per heavy atom. The second-order valence-corrected chi connectivity index (χ2v) is 17.0. The van der Waals surface area contributed by atoms with Crippen molar-refractivity contribution in [3.63, 3.8) is 0 Å². The molecular formula is C45H86NO8P. The number of phosphoric acid groups is 1. The molecule has 0 aliphatic carbocycles. The predicted octanol–water partition coefficient (Wildman–Crippen LogP) is 13.0. The summed E-state index contributed by atoms with van der Waals surface area (Å²) >= 11 is 0. The minimum Gasteiger partial charge on any atom is -0.462 e. The Morgan fingerprint density at radius 2 is 0.927 bits per heavy atom. The molecule has 0 aromatic heterocycles. The van der Waals surface area contributed by atoms with Crippen LogP contribution in [0.1, 0.15) is 206 Å². The molecule has 1 N–H and O–H groups in total. The van der Waals surface area contributed by atoms with Crippen LogP contribution in [0, 0.1) is 0 Å². The number of rotatable bonds is 42. The molecule has 0 aliphatic rings. The summed E-state index contributed by atoms with van der Waals surface area (Å²) in [7, 11) is -0.712. The van der Waals surface area contributed by atoms with E-state index in [0.29, 0.717) is 13.0 Å². The maximum Gasteiger partial charge on any atom is 0.472 e. The van der Waals surface area contributed by atoms with E-state index in [4.69, 9.17) is 18.5 Å². The molecule has 0 saturated carbocycles. The van der Waals surface area contributed by atoms with Crippen molar-refractivity contribution in [3.8, 4) is 0 Å². The number of unbranched alkanes of at least 4 members (excludes halogenated alkanes) is 24. The number of carbonyl (C=O) groups is 2. The average molecular weight is 800 g/mol. The summed E-state index contributed by atoms with van der Waals surface area (Å²) in [5.41, 5.74) is 0. The number of ether oxygens (including phenoxy) is 2. The maximum atomic E-state index is 12.6. The third-order valence-corrected chi connectivity index (χ3v) is 10.7. The minimum absolute atomic E-state index is 0.00675. The molecule has 10 heteroatoms. The van der Waals surface area contributed by atoms with Crippen LogP contribution in [0.5, 0.6) is 0 Å². The van der Waals surface area contributed by atoms with Crippen LogP contribution in [0.2, 0.25) is 0 Å². The molecule has 0 amide bonds. The van der Waals surface area contributed by atoms with Gasteiger partial charge >= 0.3 is 19.8 Å². The standard InChI is InChI=1S/C45H86NO8P/c1-5-7-9-11-13-15-17-19-20-21-22-23-24-26-27-29-31-33-35-37-44(47)51-41-43(42-53-55(49,50)52-40-39-46(3)4)54-45(48)38-36-34-32-30-28-25-18-16-14-12-10-8-6-2/h16,18-20,43H,5-15,17,21-42H2,1-4H3,(H,49,50)/b18-16-,20-19-. The van der Waals surface area contributed by atoms with Gasteiger partial charge in [0.05, 0.1) is 13.2 Å². The third kappa shape index (κ3) is 41.9. The van der Waals surface area contributed by atoms with Gasteiger partial charge in [-0.15, -0.1) is 0 Å². The lowest BCUT2D eigenvalue weighted by Crippen LogP contribution is -2.29. The van der Waals surface area contributed by atoms with Gasteiger partial charge in [-0.2, -0.15) is 0 Å². The zero-order valence-electron chi connectivity index (χ0n) is 36.1. The van der Waals surface area contributed by atoms with E-state index in [1.54, 1.807) is 0 Å². The van der Waals surface area contributed by atoms with E-state index >= 15 is 0 Å². The molecule has 324 valence electrons. The van der Waals surface area contributed by atoms with E-state index < -0.39 is 26.5 Å². The largest absolute Gasteiger partial charge is 0.472 e. The Hall–Kier alpha value is -1.51. The van der Waals surface area contributed by atoms with E-state index in [0.717, 1.165) is 51.4 Å². The molecule has 0 radical (unpaired) electrons. The van der Waals surface area contributed by atoms with Gasteiger partial charge in [-0.05, 0) is 78.3 Å². The van der Waals surface area contributed by atoms with Gasteiger partial charge in [-0.3, -0.25) is 18.6 Å². The van der Waals surface area contributed by atoms with E-state index in [1.807, 2.05) is 19.0 Å². The Kier molecular flexibility index (Phi) is 39.6. The molecular weight excluding hydrogens is 713 g/mol. The second-order valence-electron chi connectivity index (χ2n) is 15.6. The fraction of sp³-hybridized carbons (Fsp3) is 0.867. The van der Waals surface area contributed by atoms with Crippen LogP contribution in [-0.2, 0) is 32.7 Å². The molecule has 0 aromatic rings. The highest BCUT2D eigenvalue weighted by Gasteiger charge is 2.26. The lowest BCUT2D eigenvalue weighted by atomic mass is 10.1. The topological polar surface area (TPSA) is 112 Å². The fourth-order valence-corrected chi connectivity index (χ4v) is 6.95. The molecule has 0 spiro atoms. The molecule has 0 aliphatic heterocycles. The summed E-state index contributed by atoms with van der Waals surface area (Å²) in [6.07, 6.45) is 42.2. The maximum absolute atomic E-state index is 12.6. The molecule has 2 unspecified atom stereocenters. The van der Waals surface area contributed by atoms with Crippen molar-refractivity contribution in [2.45, 2.75) is 213 Å². The molecule has 2 atom stereocenters. The molecule has 9 nitrogen and oxygen atoms in total. The summed E-state index contributed by atoms with van der Waals surface area (Å²) < 4.78 is 33.5. The van der Waals surface area contributed by atoms with Crippen molar-refractivity contribution in [2.75, 3.05) is 40.5 Å². The van der Waals surface area contributed by atoms with Gasteiger partial charge in [-0.1, -0.05) is 154 Å². The number of hydrogen-bond donors (Lipinski definition) is 1. The Balaban J connectivity index is 4.23. The zero-order valence-corrected chi connectivity index (χ0v) is 37.0. The summed E-state index contributed by atoms with van der Waals surface area (Å²) in [6.45, 7) is 4.31. The smallest absolute Gasteiger partial charge is 0.462 e. The molecule has 0 fully saturated rings. The third-order valence-electron chi connectivity index (χ3n) is 9.73. The second kappa shape index (κ2) is 40.7.